The van der Waals surface area contributed by atoms with E-state index in [0.29, 0.717) is 17.0 Å². The Labute approximate surface area is 118 Å². The van der Waals surface area contributed by atoms with Crippen LogP contribution >= 0.6 is 0 Å². The molecule has 2 aromatic rings. The summed E-state index contributed by atoms with van der Waals surface area (Å²) < 4.78 is 32.0. The van der Waals surface area contributed by atoms with Crippen LogP contribution in [0, 0.1) is 12.3 Å². The number of ether oxygens (including phenoxy) is 1. The molecule has 0 spiro atoms. The molecule has 102 valence electrons. The number of hydrogen-bond donors (Lipinski definition) is 1. The summed E-state index contributed by atoms with van der Waals surface area (Å²) in [5, 5.41) is 0. The van der Waals surface area contributed by atoms with E-state index in [1.807, 2.05) is 0 Å². The van der Waals surface area contributed by atoms with Gasteiger partial charge in [0.2, 0.25) is 0 Å². The fraction of sp³-hybridized carbons (Fsp3) is 0.0667. The molecule has 0 heterocycles. The molecule has 1 N–H and O–H groups in total. The third kappa shape index (κ3) is 2.92. The molecule has 0 unspecified atom stereocenters. The maximum absolute atomic E-state index is 12.2. The van der Waals surface area contributed by atoms with Crippen LogP contribution in [0.5, 0.6) is 5.75 Å². The van der Waals surface area contributed by atoms with E-state index < -0.39 is 10.0 Å². The maximum Gasteiger partial charge on any atom is 0.261 e. The second-order valence-corrected chi connectivity index (χ2v) is 5.65. The highest BCUT2D eigenvalue weighted by Crippen LogP contribution is 2.21. The highest BCUT2D eigenvalue weighted by Gasteiger charge is 2.15. The van der Waals surface area contributed by atoms with Crippen LogP contribution in [0.3, 0.4) is 0 Å². The Kier molecular flexibility index (Phi) is 3.97. The van der Waals surface area contributed by atoms with Crippen LogP contribution in [0.25, 0.3) is 0 Å². The van der Waals surface area contributed by atoms with Gasteiger partial charge in [-0.2, -0.15) is 0 Å². The molecule has 0 fully saturated rings. The molecular weight excluding hydrogens is 274 g/mol. The number of para-hydroxylation sites is 1. The van der Waals surface area contributed by atoms with Crippen LogP contribution in [-0.4, -0.2) is 15.5 Å². The SMILES string of the molecule is C#Cc1ccccc1NS(=O)(=O)c1ccc(OC)cc1. The van der Waals surface area contributed by atoms with Crippen LogP contribution in [-0.2, 0) is 10.0 Å². The summed E-state index contributed by atoms with van der Waals surface area (Å²) in [5.41, 5.74) is 0.871. The van der Waals surface area contributed by atoms with Crippen molar-refractivity contribution in [1.29, 1.82) is 0 Å². The van der Waals surface area contributed by atoms with Crippen molar-refractivity contribution >= 4 is 15.7 Å². The van der Waals surface area contributed by atoms with Crippen molar-refractivity contribution in [3.8, 4) is 18.1 Å². The summed E-state index contributed by atoms with van der Waals surface area (Å²) in [7, 11) is -2.15. The molecule has 0 aromatic heterocycles. The van der Waals surface area contributed by atoms with Crippen molar-refractivity contribution in [3.05, 3.63) is 54.1 Å². The van der Waals surface area contributed by atoms with Crippen LogP contribution in [0.15, 0.2) is 53.4 Å². The van der Waals surface area contributed by atoms with Gasteiger partial charge >= 0.3 is 0 Å². The molecule has 5 heteroatoms. The van der Waals surface area contributed by atoms with Gasteiger partial charge in [-0.05, 0) is 36.4 Å². The lowest BCUT2D eigenvalue weighted by molar-refractivity contribution is 0.414. The van der Waals surface area contributed by atoms with Gasteiger partial charge in [-0.25, -0.2) is 8.42 Å². The van der Waals surface area contributed by atoms with E-state index in [2.05, 4.69) is 10.6 Å². The Morgan fingerprint density at radius 2 is 1.75 bits per heavy atom. The molecular formula is C15H13NO3S. The summed E-state index contributed by atoms with van der Waals surface area (Å²) >= 11 is 0. The zero-order chi connectivity index (χ0) is 14.6. The number of terminal acetylenes is 1. The van der Waals surface area contributed by atoms with Crippen LogP contribution in [0.1, 0.15) is 5.56 Å². The lowest BCUT2D eigenvalue weighted by atomic mass is 10.2. The molecule has 2 aromatic carbocycles. The van der Waals surface area contributed by atoms with Crippen LogP contribution < -0.4 is 9.46 Å². The van der Waals surface area contributed by atoms with Crippen molar-refractivity contribution in [2.24, 2.45) is 0 Å². The zero-order valence-electron chi connectivity index (χ0n) is 10.8. The number of sulfonamides is 1. The van der Waals surface area contributed by atoms with E-state index in [1.165, 1.54) is 19.2 Å². The standard InChI is InChI=1S/C15H13NO3S/c1-3-12-6-4-5-7-15(12)16-20(17,18)14-10-8-13(19-2)9-11-14/h1,4-11,16H,2H3. The zero-order valence-corrected chi connectivity index (χ0v) is 11.6. The van der Waals surface area contributed by atoms with E-state index in [4.69, 9.17) is 11.2 Å². The second kappa shape index (κ2) is 5.68. The van der Waals surface area contributed by atoms with E-state index in [0.717, 1.165) is 0 Å². The van der Waals surface area contributed by atoms with Crippen molar-refractivity contribution in [3.63, 3.8) is 0 Å². The molecule has 0 aliphatic carbocycles. The Bertz CT molecular complexity index is 743. The topological polar surface area (TPSA) is 55.4 Å². The molecule has 0 amide bonds. The summed E-state index contributed by atoms with van der Waals surface area (Å²) in [5.74, 6) is 3.03. The van der Waals surface area contributed by atoms with Crippen LogP contribution in [0.4, 0.5) is 5.69 Å². The van der Waals surface area contributed by atoms with Crippen molar-refractivity contribution < 1.29 is 13.2 Å². The Morgan fingerprint density at radius 1 is 1.10 bits per heavy atom. The molecule has 0 radical (unpaired) electrons. The Balaban J connectivity index is 2.33. The number of benzene rings is 2. The number of anilines is 1. The summed E-state index contributed by atoms with van der Waals surface area (Å²) in [6.07, 6.45) is 5.34. The molecule has 0 saturated heterocycles. The third-order valence-electron chi connectivity index (χ3n) is 2.70. The largest absolute Gasteiger partial charge is 0.497 e. The predicted molar refractivity (Wildman–Crippen MR) is 78.2 cm³/mol. The van der Waals surface area contributed by atoms with Gasteiger partial charge in [0.25, 0.3) is 10.0 Å². The first kappa shape index (κ1) is 14.0. The summed E-state index contributed by atoms with van der Waals surface area (Å²) in [6, 6.07) is 12.9. The fourth-order valence-corrected chi connectivity index (χ4v) is 2.74. The smallest absolute Gasteiger partial charge is 0.261 e. The number of nitrogens with one attached hydrogen (secondary N) is 1. The third-order valence-corrected chi connectivity index (χ3v) is 4.08. The lowest BCUT2D eigenvalue weighted by Gasteiger charge is -2.10. The minimum atomic E-state index is -3.67. The van der Waals surface area contributed by atoms with E-state index in [9.17, 15) is 8.42 Å². The average Bonchev–Trinajstić information content (AvgIpc) is 2.47. The van der Waals surface area contributed by atoms with Crippen molar-refractivity contribution in [2.45, 2.75) is 4.90 Å². The Hall–Kier alpha value is -2.45. The number of rotatable bonds is 4. The highest BCUT2D eigenvalue weighted by molar-refractivity contribution is 7.92. The van der Waals surface area contributed by atoms with Gasteiger partial charge in [-0.3, -0.25) is 4.72 Å². The minimum absolute atomic E-state index is 0.144. The van der Waals surface area contributed by atoms with E-state index in [1.54, 1.807) is 36.4 Å². The number of hydrogen-bond acceptors (Lipinski definition) is 3. The molecule has 0 aliphatic rings. The fourth-order valence-electron chi connectivity index (χ4n) is 1.66. The van der Waals surface area contributed by atoms with Gasteiger partial charge < -0.3 is 4.74 Å². The van der Waals surface area contributed by atoms with Gasteiger partial charge in [0.15, 0.2) is 0 Å². The number of methoxy groups -OCH3 is 1. The van der Waals surface area contributed by atoms with E-state index in [-0.39, 0.29) is 4.90 Å². The first-order chi connectivity index (χ1) is 9.56. The molecule has 0 aliphatic heterocycles. The second-order valence-electron chi connectivity index (χ2n) is 3.97. The average molecular weight is 287 g/mol. The quantitative estimate of drug-likeness (QED) is 0.879. The Morgan fingerprint density at radius 3 is 2.35 bits per heavy atom. The van der Waals surface area contributed by atoms with Gasteiger partial charge in [-0.15, -0.1) is 6.42 Å². The monoisotopic (exact) mass is 287 g/mol. The van der Waals surface area contributed by atoms with Gasteiger partial charge in [0.1, 0.15) is 5.75 Å². The summed E-state index contributed by atoms with van der Waals surface area (Å²) in [6.45, 7) is 0. The molecule has 4 nitrogen and oxygen atoms in total. The minimum Gasteiger partial charge on any atom is -0.497 e. The van der Waals surface area contributed by atoms with E-state index >= 15 is 0 Å². The van der Waals surface area contributed by atoms with Gasteiger partial charge in [0.05, 0.1) is 17.7 Å². The molecule has 2 rings (SSSR count). The van der Waals surface area contributed by atoms with Gasteiger partial charge in [0, 0.05) is 5.56 Å². The maximum atomic E-state index is 12.2. The normalized spacial score (nSPS) is 10.6. The molecule has 0 saturated carbocycles. The van der Waals surface area contributed by atoms with Crippen molar-refractivity contribution in [1.82, 2.24) is 0 Å². The van der Waals surface area contributed by atoms with Crippen LogP contribution in [0.2, 0.25) is 0 Å². The predicted octanol–water partition coefficient (Wildman–Crippen LogP) is 2.48. The first-order valence-electron chi connectivity index (χ1n) is 5.79. The summed E-state index contributed by atoms with van der Waals surface area (Å²) in [4.78, 5) is 0.144. The van der Waals surface area contributed by atoms with Crippen molar-refractivity contribution in [2.75, 3.05) is 11.8 Å². The molecule has 20 heavy (non-hydrogen) atoms. The first-order valence-corrected chi connectivity index (χ1v) is 7.27. The molecule has 0 bridgehead atoms. The van der Waals surface area contributed by atoms with Gasteiger partial charge in [-0.1, -0.05) is 18.1 Å². The molecule has 0 atom stereocenters. The lowest BCUT2D eigenvalue weighted by Crippen LogP contribution is -2.13. The highest BCUT2D eigenvalue weighted by atomic mass is 32.2.